The number of urea groups is 1. The van der Waals surface area contributed by atoms with E-state index >= 15 is 0 Å². The van der Waals surface area contributed by atoms with Crippen LogP contribution in [0.1, 0.15) is 56.8 Å². The lowest BCUT2D eigenvalue weighted by atomic mass is 10.1. The first-order chi connectivity index (χ1) is 11.7. The molecule has 3 rings (SSSR count). The molecule has 3 heterocycles. The molecule has 8 heteroatoms. The van der Waals surface area contributed by atoms with Crippen LogP contribution in [-0.4, -0.2) is 37.4 Å². The second-order valence-electron chi connectivity index (χ2n) is 6.15. The van der Waals surface area contributed by atoms with Gasteiger partial charge in [-0.3, -0.25) is 4.68 Å². The molecule has 0 radical (unpaired) electrons. The molecule has 1 aliphatic rings. The van der Waals surface area contributed by atoms with Crippen LogP contribution >= 0.6 is 0 Å². The fourth-order valence-electron chi connectivity index (χ4n) is 3.04. The molecule has 2 amide bonds. The van der Waals surface area contributed by atoms with E-state index in [2.05, 4.69) is 27.5 Å². The topological polar surface area (TPSA) is 89.1 Å². The molecule has 0 aromatic carbocycles. The molecule has 1 N–H and O–H groups in total. The van der Waals surface area contributed by atoms with Crippen molar-refractivity contribution in [2.24, 2.45) is 0 Å². The van der Waals surface area contributed by atoms with Crippen molar-refractivity contribution >= 4 is 11.7 Å². The van der Waals surface area contributed by atoms with Gasteiger partial charge in [-0.15, -0.1) is 0 Å². The highest BCUT2D eigenvalue weighted by molar-refractivity contribution is 5.89. The van der Waals surface area contributed by atoms with Crippen LogP contribution in [0.25, 0.3) is 0 Å². The molecule has 0 aliphatic carbocycles. The molecule has 0 spiro atoms. The van der Waals surface area contributed by atoms with Crippen molar-refractivity contribution in [1.82, 2.24) is 24.8 Å². The number of likely N-dealkylation sites (tertiary alicyclic amines) is 1. The highest BCUT2D eigenvalue weighted by atomic mass is 16.5. The van der Waals surface area contributed by atoms with Crippen LogP contribution in [0.5, 0.6) is 0 Å². The summed E-state index contributed by atoms with van der Waals surface area (Å²) in [5.41, 5.74) is 0.709. The third kappa shape index (κ3) is 3.74. The van der Waals surface area contributed by atoms with Crippen LogP contribution in [-0.2, 0) is 6.54 Å². The van der Waals surface area contributed by atoms with E-state index in [4.69, 9.17) is 4.52 Å². The van der Waals surface area contributed by atoms with Gasteiger partial charge < -0.3 is 14.7 Å². The third-order valence-electron chi connectivity index (χ3n) is 4.19. The van der Waals surface area contributed by atoms with Gasteiger partial charge in [0.25, 0.3) is 0 Å². The van der Waals surface area contributed by atoms with E-state index < -0.39 is 0 Å². The molecule has 1 aliphatic heterocycles. The number of aryl methyl sites for hydroxylation is 2. The summed E-state index contributed by atoms with van der Waals surface area (Å²) in [6.07, 6.45) is 8.52. The average Bonchev–Trinajstić information content (AvgIpc) is 3.09. The number of anilines is 1. The highest BCUT2D eigenvalue weighted by Gasteiger charge is 2.30. The first-order valence-electron chi connectivity index (χ1n) is 8.57. The Bertz CT molecular complexity index is 680. The van der Waals surface area contributed by atoms with Gasteiger partial charge in [-0.05, 0) is 19.3 Å². The van der Waals surface area contributed by atoms with Gasteiger partial charge >= 0.3 is 6.03 Å². The highest BCUT2D eigenvalue weighted by Crippen LogP contribution is 2.29. The van der Waals surface area contributed by atoms with Crippen molar-refractivity contribution in [3.63, 3.8) is 0 Å². The summed E-state index contributed by atoms with van der Waals surface area (Å²) in [5, 5.41) is 11.2. The van der Waals surface area contributed by atoms with E-state index in [9.17, 15) is 4.79 Å². The SMILES string of the molecule is CCCn1cc(NC(=O)N2CCCCC[C@H]2c2noc(C)n2)cn1. The molecule has 0 unspecified atom stereocenters. The number of aromatic nitrogens is 4. The van der Waals surface area contributed by atoms with Gasteiger partial charge in [0.15, 0.2) is 5.82 Å². The minimum absolute atomic E-state index is 0.139. The lowest BCUT2D eigenvalue weighted by molar-refractivity contribution is 0.184. The van der Waals surface area contributed by atoms with Crippen molar-refractivity contribution in [3.8, 4) is 0 Å². The molecule has 130 valence electrons. The maximum atomic E-state index is 12.8. The van der Waals surface area contributed by atoms with Crippen LogP contribution in [0, 0.1) is 6.92 Å². The number of nitrogens with zero attached hydrogens (tertiary/aromatic N) is 5. The van der Waals surface area contributed by atoms with Crippen molar-refractivity contribution in [2.45, 2.75) is 58.5 Å². The summed E-state index contributed by atoms with van der Waals surface area (Å²) < 4.78 is 6.93. The first-order valence-corrected chi connectivity index (χ1v) is 8.57. The summed E-state index contributed by atoms with van der Waals surface area (Å²) in [7, 11) is 0. The molecule has 2 aromatic heterocycles. The number of hydrogen-bond acceptors (Lipinski definition) is 5. The monoisotopic (exact) mass is 332 g/mol. The normalized spacial score (nSPS) is 18.4. The van der Waals surface area contributed by atoms with Crippen molar-refractivity contribution < 1.29 is 9.32 Å². The van der Waals surface area contributed by atoms with Crippen LogP contribution in [0.3, 0.4) is 0 Å². The minimum Gasteiger partial charge on any atom is -0.340 e. The zero-order chi connectivity index (χ0) is 16.9. The second kappa shape index (κ2) is 7.46. The Morgan fingerprint density at radius 2 is 2.29 bits per heavy atom. The van der Waals surface area contributed by atoms with Gasteiger partial charge in [-0.2, -0.15) is 10.1 Å². The fourth-order valence-corrected chi connectivity index (χ4v) is 3.04. The molecule has 0 bridgehead atoms. The van der Waals surface area contributed by atoms with Crippen LogP contribution in [0.15, 0.2) is 16.9 Å². The molecule has 1 atom stereocenters. The van der Waals surface area contributed by atoms with Gasteiger partial charge in [0.2, 0.25) is 5.89 Å². The first kappa shape index (κ1) is 16.5. The van der Waals surface area contributed by atoms with E-state index in [-0.39, 0.29) is 12.1 Å². The number of rotatable bonds is 4. The number of nitrogens with one attached hydrogen (secondary N) is 1. The van der Waals surface area contributed by atoms with E-state index in [1.165, 1.54) is 0 Å². The Kier molecular flexibility index (Phi) is 5.12. The van der Waals surface area contributed by atoms with E-state index in [0.717, 1.165) is 38.6 Å². The van der Waals surface area contributed by atoms with Crippen molar-refractivity contribution in [1.29, 1.82) is 0 Å². The van der Waals surface area contributed by atoms with Gasteiger partial charge in [0.1, 0.15) is 0 Å². The number of amides is 2. The quantitative estimate of drug-likeness (QED) is 0.929. The van der Waals surface area contributed by atoms with E-state index in [1.54, 1.807) is 13.1 Å². The Morgan fingerprint density at radius 1 is 1.42 bits per heavy atom. The number of hydrogen-bond donors (Lipinski definition) is 1. The van der Waals surface area contributed by atoms with Gasteiger partial charge in [-0.25, -0.2) is 4.79 Å². The summed E-state index contributed by atoms with van der Waals surface area (Å²) in [6.45, 7) is 5.38. The molecule has 1 saturated heterocycles. The zero-order valence-electron chi connectivity index (χ0n) is 14.2. The summed E-state index contributed by atoms with van der Waals surface area (Å²) in [5.74, 6) is 1.11. The van der Waals surface area contributed by atoms with Gasteiger partial charge in [0.05, 0.1) is 17.9 Å². The lowest BCUT2D eigenvalue weighted by Crippen LogP contribution is -2.38. The van der Waals surface area contributed by atoms with Crippen LogP contribution < -0.4 is 5.32 Å². The smallest absolute Gasteiger partial charge is 0.322 e. The average molecular weight is 332 g/mol. The third-order valence-corrected chi connectivity index (χ3v) is 4.19. The van der Waals surface area contributed by atoms with Gasteiger partial charge in [-0.1, -0.05) is 24.9 Å². The molecule has 8 nitrogen and oxygen atoms in total. The largest absolute Gasteiger partial charge is 0.340 e. The second-order valence-corrected chi connectivity index (χ2v) is 6.15. The Labute approximate surface area is 141 Å². The summed E-state index contributed by atoms with van der Waals surface area (Å²) >= 11 is 0. The molecule has 1 fully saturated rings. The number of carbonyl (C=O) groups excluding carboxylic acids is 1. The predicted octanol–water partition coefficient (Wildman–Crippen LogP) is 3.13. The molecule has 2 aromatic rings. The number of carbonyl (C=O) groups is 1. The summed E-state index contributed by atoms with van der Waals surface area (Å²) in [4.78, 5) is 18.9. The maximum absolute atomic E-state index is 12.8. The predicted molar refractivity (Wildman–Crippen MR) is 88.5 cm³/mol. The Morgan fingerprint density at radius 3 is 3.04 bits per heavy atom. The maximum Gasteiger partial charge on any atom is 0.322 e. The Hall–Kier alpha value is -2.38. The molecular weight excluding hydrogens is 308 g/mol. The summed E-state index contributed by atoms with van der Waals surface area (Å²) in [6, 6.07) is -0.281. The fraction of sp³-hybridized carbons (Fsp3) is 0.625. The standard InChI is InChI=1S/C16H24N6O2/c1-3-8-21-11-13(10-17-21)19-16(23)22-9-6-4-5-7-14(22)15-18-12(2)24-20-15/h10-11,14H,3-9H2,1-2H3,(H,19,23)/t14-/m0/s1. The molecular formula is C16H24N6O2. The van der Waals surface area contributed by atoms with E-state index in [0.29, 0.717) is 23.9 Å². The van der Waals surface area contributed by atoms with Crippen LogP contribution in [0.4, 0.5) is 10.5 Å². The molecule has 24 heavy (non-hydrogen) atoms. The molecule has 0 saturated carbocycles. The van der Waals surface area contributed by atoms with Crippen LogP contribution in [0.2, 0.25) is 0 Å². The zero-order valence-corrected chi connectivity index (χ0v) is 14.2. The van der Waals surface area contributed by atoms with E-state index in [1.807, 2.05) is 15.8 Å². The lowest BCUT2D eigenvalue weighted by Gasteiger charge is -2.27. The van der Waals surface area contributed by atoms with Crippen molar-refractivity contribution in [2.75, 3.05) is 11.9 Å². The van der Waals surface area contributed by atoms with Gasteiger partial charge in [0, 0.05) is 26.2 Å². The van der Waals surface area contributed by atoms with Crippen molar-refractivity contribution in [3.05, 3.63) is 24.1 Å². The minimum atomic E-state index is -0.143. The Balaban J connectivity index is 1.73.